The fraction of sp³-hybridized carbons (Fsp3) is 0.0870. The molecule has 0 fully saturated rings. The van der Waals surface area contributed by atoms with Gasteiger partial charge in [0, 0.05) is 11.6 Å². The number of hydrogen-bond acceptors (Lipinski definition) is 3. The summed E-state index contributed by atoms with van der Waals surface area (Å²) in [4.78, 5) is 3.49. The average molecular weight is 445 g/mol. The summed E-state index contributed by atoms with van der Waals surface area (Å²) in [6.07, 6.45) is 0. The Labute approximate surface area is 181 Å². The van der Waals surface area contributed by atoms with E-state index >= 15 is 0 Å². The van der Waals surface area contributed by atoms with E-state index in [1.165, 1.54) is 0 Å². The lowest BCUT2D eigenvalue weighted by Crippen LogP contribution is -2.70. The van der Waals surface area contributed by atoms with Crippen LogP contribution in [0.25, 0.3) is 22.3 Å². The van der Waals surface area contributed by atoms with Gasteiger partial charge in [-0.2, -0.15) is 0 Å². The molecule has 9 heteroatoms. The monoisotopic (exact) mass is 445 g/mol. The first-order valence-corrected chi connectivity index (χ1v) is 9.56. The molecular weight excluding hydrogens is 425 g/mol. The molecule has 0 radical (unpaired) electrons. The molecule has 4 aromatic rings. The SMILES string of the molecule is COc1ccc([NH+]=c2cc(-c3ccccc3)oc3ccccc23)cc1OC.F[B-](F)(F)F. The van der Waals surface area contributed by atoms with Crippen molar-refractivity contribution in [1.29, 1.82) is 0 Å². The molecule has 0 aliphatic heterocycles. The minimum absolute atomic E-state index is 0.677. The molecule has 4 rings (SSSR count). The van der Waals surface area contributed by atoms with Gasteiger partial charge in [0.05, 0.1) is 31.7 Å². The van der Waals surface area contributed by atoms with Gasteiger partial charge < -0.3 is 31.2 Å². The predicted molar refractivity (Wildman–Crippen MR) is 115 cm³/mol. The number of ether oxygens (including phenoxy) is 2. The van der Waals surface area contributed by atoms with Crippen LogP contribution in [0.4, 0.5) is 23.0 Å². The van der Waals surface area contributed by atoms with E-state index in [-0.39, 0.29) is 0 Å². The molecule has 166 valence electrons. The molecule has 1 N–H and O–H groups in total. The summed E-state index contributed by atoms with van der Waals surface area (Å²) >= 11 is 0. The van der Waals surface area contributed by atoms with Crippen LogP contribution in [0.3, 0.4) is 0 Å². The molecule has 0 unspecified atom stereocenters. The minimum atomic E-state index is -6.00. The Morgan fingerprint density at radius 1 is 0.750 bits per heavy atom. The highest BCUT2D eigenvalue weighted by atomic mass is 19.5. The summed E-state index contributed by atoms with van der Waals surface area (Å²) < 4.78 is 55.9. The molecule has 0 spiro atoms. The molecule has 0 aliphatic carbocycles. The fourth-order valence-electron chi connectivity index (χ4n) is 3.05. The second kappa shape index (κ2) is 10.0. The maximum Gasteiger partial charge on any atom is 0.673 e. The van der Waals surface area contributed by atoms with Crippen LogP contribution in [0.15, 0.2) is 83.3 Å². The van der Waals surface area contributed by atoms with Crippen molar-refractivity contribution in [3.63, 3.8) is 0 Å². The van der Waals surface area contributed by atoms with Crippen molar-refractivity contribution in [2.45, 2.75) is 0 Å². The Bertz CT molecular complexity index is 1250. The van der Waals surface area contributed by atoms with Crippen LogP contribution in [-0.2, 0) is 0 Å². The molecule has 0 bridgehead atoms. The largest absolute Gasteiger partial charge is 0.673 e. The summed E-state index contributed by atoms with van der Waals surface area (Å²) in [5, 5.41) is 1.97. The molecule has 1 heterocycles. The van der Waals surface area contributed by atoms with Gasteiger partial charge in [-0.05, 0) is 18.2 Å². The molecule has 0 atom stereocenters. The maximum atomic E-state index is 9.75. The van der Waals surface area contributed by atoms with Gasteiger partial charge >= 0.3 is 7.25 Å². The third-order valence-electron chi connectivity index (χ3n) is 4.39. The van der Waals surface area contributed by atoms with E-state index in [1.54, 1.807) is 14.2 Å². The number of para-hydroxylation sites is 1. The number of methoxy groups -OCH3 is 2. The van der Waals surface area contributed by atoms with E-state index < -0.39 is 7.25 Å². The lowest BCUT2D eigenvalue weighted by Gasteiger charge is -2.06. The van der Waals surface area contributed by atoms with Gasteiger partial charge in [0.25, 0.3) is 0 Å². The van der Waals surface area contributed by atoms with Crippen LogP contribution in [0.2, 0.25) is 0 Å². The van der Waals surface area contributed by atoms with E-state index in [1.807, 2.05) is 78.9 Å². The molecule has 0 saturated carbocycles. The molecule has 3 aromatic carbocycles. The van der Waals surface area contributed by atoms with Crippen LogP contribution < -0.4 is 19.8 Å². The number of halogens is 4. The molecular formula is C23H20BF4NO3. The summed E-state index contributed by atoms with van der Waals surface area (Å²) in [5.74, 6) is 2.17. The lowest BCUT2D eigenvalue weighted by molar-refractivity contribution is -0.401. The van der Waals surface area contributed by atoms with Crippen molar-refractivity contribution in [3.05, 3.63) is 84.2 Å². The normalized spacial score (nSPS) is 11.6. The summed E-state index contributed by atoms with van der Waals surface area (Å²) in [5.41, 5.74) is 2.75. The van der Waals surface area contributed by atoms with Crippen LogP contribution in [0.1, 0.15) is 0 Å². The van der Waals surface area contributed by atoms with E-state index in [4.69, 9.17) is 13.9 Å². The Morgan fingerprint density at radius 2 is 1.38 bits per heavy atom. The van der Waals surface area contributed by atoms with Crippen molar-refractivity contribution >= 4 is 23.9 Å². The average Bonchev–Trinajstić information content (AvgIpc) is 2.78. The van der Waals surface area contributed by atoms with E-state index in [2.05, 4.69) is 4.99 Å². The fourth-order valence-corrected chi connectivity index (χ4v) is 3.05. The summed E-state index contributed by atoms with van der Waals surface area (Å²) in [7, 11) is -2.74. The summed E-state index contributed by atoms with van der Waals surface area (Å²) in [6.45, 7) is 0. The van der Waals surface area contributed by atoms with Gasteiger partial charge in [0.1, 0.15) is 11.3 Å². The Balaban J connectivity index is 0.000000523. The van der Waals surface area contributed by atoms with Gasteiger partial charge in [-0.1, -0.05) is 42.5 Å². The zero-order chi connectivity index (χ0) is 23.1. The van der Waals surface area contributed by atoms with Crippen LogP contribution in [0, 0.1) is 0 Å². The quantitative estimate of drug-likeness (QED) is 0.365. The topological polar surface area (TPSA) is 45.6 Å². The van der Waals surface area contributed by atoms with E-state index in [9.17, 15) is 17.3 Å². The van der Waals surface area contributed by atoms with Crippen molar-refractivity contribution < 1.29 is 36.1 Å². The molecule has 0 amide bonds. The van der Waals surface area contributed by atoms with Gasteiger partial charge in [-0.25, -0.2) is 4.99 Å². The lowest BCUT2D eigenvalue weighted by atomic mass is 10.1. The first kappa shape index (κ1) is 22.9. The van der Waals surface area contributed by atoms with E-state index in [0.29, 0.717) is 11.5 Å². The van der Waals surface area contributed by atoms with Crippen LogP contribution in [0.5, 0.6) is 11.5 Å². The second-order valence-corrected chi connectivity index (χ2v) is 6.58. The standard InChI is InChI=1S/C23H19NO3.BF4/c1-25-21-13-12-17(14-23(21)26-2)24-19-15-22(16-8-4-3-5-9-16)27-20-11-7-6-10-18(19)20;2-1(3,4)5/h3-15H,1-2H3;/q;-1/p+1. The molecule has 32 heavy (non-hydrogen) atoms. The summed E-state index contributed by atoms with van der Waals surface area (Å²) in [6, 6.07) is 25.8. The van der Waals surface area contributed by atoms with Crippen molar-refractivity contribution in [2.75, 3.05) is 14.2 Å². The van der Waals surface area contributed by atoms with Gasteiger partial charge in [-0.15, -0.1) is 0 Å². The molecule has 0 saturated heterocycles. The number of nitrogens with one attached hydrogen (secondary N) is 1. The molecule has 1 aromatic heterocycles. The van der Waals surface area contributed by atoms with Crippen molar-refractivity contribution in [2.24, 2.45) is 0 Å². The van der Waals surface area contributed by atoms with Gasteiger partial charge in [0.15, 0.2) is 11.5 Å². The molecule has 0 aliphatic rings. The van der Waals surface area contributed by atoms with Crippen LogP contribution >= 0.6 is 0 Å². The van der Waals surface area contributed by atoms with Crippen LogP contribution in [-0.4, -0.2) is 21.5 Å². The highest BCUT2D eigenvalue weighted by Crippen LogP contribution is 2.28. The van der Waals surface area contributed by atoms with Crippen molar-refractivity contribution in [3.8, 4) is 22.8 Å². The number of rotatable bonds is 4. The van der Waals surface area contributed by atoms with Crippen molar-refractivity contribution in [1.82, 2.24) is 0 Å². The van der Waals surface area contributed by atoms with Gasteiger partial charge in [-0.3, -0.25) is 0 Å². The Kier molecular flexibility index (Phi) is 7.20. The van der Waals surface area contributed by atoms with E-state index in [0.717, 1.165) is 33.3 Å². The zero-order valence-corrected chi connectivity index (χ0v) is 17.3. The third-order valence-corrected chi connectivity index (χ3v) is 4.39. The number of fused-ring (bicyclic) bond motifs is 1. The predicted octanol–water partition coefficient (Wildman–Crippen LogP) is 4.73. The Morgan fingerprint density at radius 3 is 2.03 bits per heavy atom. The highest BCUT2D eigenvalue weighted by molar-refractivity contribution is 6.50. The second-order valence-electron chi connectivity index (χ2n) is 6.58. The maximum absolute atomic E-state index is 9.75. The zero-order valence-electron chi connectivity index (χ0n) is 17.3. The number of benzene rings is 3. The first-order chi connectivity index (χ1) is 15.3. The minimum Gasteiger partial charge on any atom is -0.493 e. The molecule has 4 nitrogen and oxygen atoms in total. The number of hydrogen-bond donors (Lipinski definition) is 1. The Hall–Kier alpha value is -3.75. The van der Waals surface area contributed by atoms with Gasteiger partial charge in [0.2, 0.25) is 11.0 Å². The third kappa shape index (κ3) is 6.13. The highest BCUT2D eigenvalue weighted by Gasteiger charge is 2.20. The first-order valence-electron chi connectivity index (χ1n) is 9.56. The smallest absolute Gasteiger partial charge is 0.493 e.